The van der Waals surface area contributed by atoms with Crippen LogP contribution in [0.2, 0.25) is 0 Å². The maximum Gasteiger partial charge on any atom is 0.244 e. The van der Waals surface area contributed by atoms with Crippen molar-refractivity contribution in [1.82, 2.24) is 10.2 Å². The number of benzene rings is 2. The van der Waals surface area contributed by atoms with Gasteiger partial charge in [-0.1, -0.05) is 67.8 Å². The average Bonchev–Trinajstić information content (AvgIpc) is 3.34. The number of carbonyl (C=O) groups is 2. The van der Waals surface area contributed by atoms with E-state index >= 15 is 0 Å². The van der Waals surface area contributed by atoms with Crippen LogP contribution in [0, 0.1) is 6.92 Å². The van der Waals surface area contributed by atoms with Gasteiger partial charge in [0, 0.05) is 12.6 Å². The molecule has 2 aromatic carbocycles. The SMILES string of the molecule is CCc1ccccc1N(CC(=O)N(Cc1ccc(C)cc1)[C@@H](C)C(=O)NC1CCCC1)S(C)(=O)=O. The van der Waals surface area contributed by atoms with Crippen molar-refractivity contribution in [3.05, 3.63) is 65.2 Å². The van der Waals surface area contributed by atoms with E-state index in [1.165, 1.54) is 4.90 Å². The molecule has 2 amide bonds. The smallest absolute Gasteiger partial charge is 0.244 e. The molecule has 1 aliphatic rings. The van der Waals surface area contributed by atoms with Crippen LogP contribution in [0.5, 0.6) is 0 Å². The second-order valence-corrected chi connectivity index (χ2v) is 11.3. The summed E-state index contributed by atoms with van der Waals surface area (Å²) in [4.78, 5) is 28.3. The van der Waals surface area contributed by atoms with Crippen LogP contribution >= 0.6 is 0 Å². The van der Waals surface area contributed by atoms with Gasteiger partial charge in [-0.25, -0.2) is 8.42 Å². The van der Waals surface area contributed by atoms with E-state index in [1.807, 2.05) is 50.2 Å². The number of para-hydroxylation sites is 1. The first-order valence-corrected chi connectivity index (χ1v) is 14.2. The van der Waals surface area contributed by atoms with Gasteiger partial charge in [0.2, 0.25) is 21.8 Å². The highest BCUT2D eigenvalue weighted by atomic mass is 32.2. The highest BCUT2D eigenvalue weighted by Crippen LogP contribution is 2.24. The Kier molecular flexibility index (Phi) is 8.94. The van der Waals surface area contributed by atoms with Gasteiger partial charge < -0.3 is 10.2 Å². The van der Waals surface area contributed by atoms with Crippen LogP contribution in [0.1, 0.15) is 56.2 Å². The van der Waals surface area contributed by atoms with Gasteiger partial charge in [-0.05, 0) is 50.3 Å². The molecule has 2 aromatic rings. The van der Waals surface area contributed by atoms with Gasteiger partial charge in [0.05, 0.1) is 11.9 Å². The van der Waals surface area contributed by atoms with E-state index in [0.717, 1.165) is 52.9 Å². The standard InChI is InChI=1S/C27H37N3O4S/c1-5-23-10-6-9-13-25(23)30(35(4,33)34)19-26(31)29(18-22-16-14-20(2)15-17-22)21(3)27(32)28-24-11-7-8-12-24/h6,9-10,13-17,21,24H,5,7-8,11-12,18-19H2,1-4H3,(H,28,32)/t21-/m0/s1. The predicted octanol–water partition coefficient (Wildman–Crippen LogP) is 3.80. The number of nitrogens with one attached hydrogen (secondary N) is 1. The van der Waals surface area contributed by atoms with Crippen LogP contribution in [0.25, 0.3) is 0 Å². The topological polar surface area (TPSA) is 86.8 Å². The van der Waals surface area contributed by atoms with Crippen molar-refractivity contribution in [3.8, 4) is 0 Å². The van der Waals surface area contributed by atoms with Crippen LogP contribution < -0.4 is 9.62 Å². The third-order valence-electron chi connectivity index (χ3n) is 6.66. The summed E-state index contributed by atoms with van der Waals surface area (Å²) >= 11 is 0. The second kappa shape index (κ2) is 11.7. The molecule has 1 fully saturated rings. The largest absolute Gasteiger partial charge is 0.352 e. The molecule has 1 aliphatic carbocycles. The summed E-state index contributed by atoms with van der Waals surface area (Å²) in [6, 6.07) is 14.4. The van der Waals surface area contributed by atoms with Crippen molar-refractivity contribution < 1.29 is 18.0 Å². The molecule has 3 rings (SSSR count). The van der Waals surface area contributed by atoms with Crippen LogP contribution in [0.4, 0.5) is 5.69 Å². The summed E-state index contributed by atoms with van der Waals surface area (Å²) in [6.45, 7) is 5.48. The third kappa shape index (κ3) is 7.07. The van der Waals surface area contributed by atoms with Crippen LogP contribution in [-0.2, 0) is 32.6 Å². The maximum atomic E-state index is 13.7. The Morgan fingerprint density at radius 2 is 1.69 bits per heavy atom. The molecular weight excluding hydrogens is 462 g/mol. The van der Waals surface area contributed by atoms with Crippen LogP contribution in [-0.4, -0.2) is 50.0 Å². The molecule has 1 saturated carbocycles. The molecule has 0 saturated heterocycles. The Morgan fingerprint density at radius 3 is 2.29 bits per heavy atom. The van der Waals surface area contributed by atoms with Crippen molar-refractivity contribution in [1.29, 1.82) is 0 Å². The monoisotopic (exact) mass is 499 g/mol. The fraction of sp³-hybridized carbons (Fsp3) is 0.481. The number of hydrogen-bond acceptors (Lipinski definition) is 4. The number of carbonyl (C=O) groups excluding carboxylic acids is 2. The third-order valence-corrected chi connectivity index (χ3v) is 7.79. The minimum absolute atomic E-state index is 0.130. The zero-order valence-corrected chi connectivity index (χ0v) is 22.0. The number of nitrogens with zero attached hydrogens (tertiary/aromatic N) is 2. The van der Waals surface area contributed by atoms with Gasteiger partial charge in [0.15, 0.2) is 0 Å². The Hall–Kier alpha value is -2.87. The molecule has 0 radical (unpaired) electrons. The summed E-state index contributed by atoms with van der Waals surface area (Å²) in [6.07, 6.45) is 5.80. The molecule has 35 heavy (non-hydrogen) atoms. The number of rotatable bonds is 10. The van der Waals surface area contributed by atoms with E-state index in [-0.39, 0.29) is 25.0 Å². The first kappa shape index (κ1) is 26.7. The number of aryl methyl sites for hydroxylation is 2. The molecule has 0 bridgehead atoms. The quantitative estimate of drug-likeness (QED) is 0.539. The molecule has 1 atom stereocenters. The Labute approximate surface area is 209 Å². The summed E-state index contributed by atoms with van der Waals surface area (Å²) < 4.78 is 26.7. The van der Waals surface area contributed by atoms with Crippen molar-refractivity contribution in [2.75, 3.05) is 17.1 Å². The summed E-state index contributed by atoms with van der Waals surface area (Å²) in [5.41, 5.74) is 3.30. The highest BCUT2D eigenvalue weighted by Gasteiger charge is 2.31. The highest BCUT2D eigenvalue weighted by molar-refractivity contribution is 7.92. The van der Waals surface area contributed by atoms with Crippen molar-refractivity contribution in [3.63, 3.8) is 0 Å². The van der Waals surface area contributed by atoms with E-state index in [2.05, 4.69) is 5.32 Å². The Morgan fingerprint density at radius 1 is 1.06 bits per heavy atom. The van der Waals surface area contributed by atoms with E-state index in [1.54, 1.807) is 19.1 Å². The minimum Gasteiger partial charge on any atom is -0.352 e. The Balaban J connectivity index is 1.89. The first-order chi connectivity index (χ1) is 16.6. The van der Waals surface area contributed by atoms with Crippen LogP contribution in [0.15, 0.2) is 48.5 Å². The average molecular weight is 500 g/mol. The van der Waals surface area contributed by atoms with Gasteiger partial charge in [0.25, 0.3) is 0 Å². The number of amides is 2. The normalized spacial score (nSPS) is 15.0. The molecule has 0 aliphatic heterocycles. The maximum absolute atomic E-state index is 13.7. The van der Waals surface area contributed by atoms with Crippen molar-refractivity contribution >= 4 is 27.5 Å². The molecule has 0 spiro atoms. The lowest BCUT2D eigenvalue weighted by atomic mass is 10.1. The van der Waals surface area contributed by atoms with E-state index in [0.29, 0.717) is 12.1 Å². The van der Waals surface area contributed by atoms with E-state index in [4.69, 9.17) is 0 Å². The van der Waals surface area contributed by atoms with Gasteiger partial charge in [0.1, 0.15) is 12.6 Å². The lowest BCUT2D eigenvalue weighted by molar-refractivity contribution is -0.139. The zero-order valence-electron chi connectivity index (χ0n) is 21.2. The number of sulfonamides is 1. The molecular formula is C27H37N3O4S. The fourth-order valence-electron chi connectivity index (χ4n) is 4.51. The molecule has 190 valence electrons. The molecule has 0 unspecified atom stereocenters. The summed E-state index contributed by atoms with van der Waals surface area (Å²) in [5, 5.41) is 3.08. The van der Waals surface area contributed by atoms with E-state index in [9.17, 15) is 18.0 Å². The molecule has 0 heterocycles. The van der Waals surface area contributed by atoms with Crippen LogP contribution in [0.3, 0.4) is 0 Å². The van der Waals surface area contributed by atoms with E-state index < -0.39 is 22.0 Å². The van der Waals surface area contributed by atoms with Gasteiger partial charge in [-0.2, -0.15) is 0 Å². The van der Waals surface area contributed by atoms with Crippen molar-refractivity contribution in [2.45, 2.75) is 71.5 Å². The zero-order chi connectivity index (χ0) is 25.6. The summed E-state index contributed by atoms with van der Waals surface area (Å²) in [7, 11) is -3.74. The van der Waals surface area contributed by atoms with Gasteiger partial charge >= 0.3 is 0 Å². The lowest BCUT2D eigenvalue weighted by Gasteiger charge is -2.32. The second-order valence-electron chi connectivity index (χ2n) is 9.43. The number of hydrogen-bond donors (Lipinski definition) is 1. The fourth-order valence-corrected chi connectivity index (χ4v) is 5.39. The molecule has 1 N–H and O–H groups in total. The molecule has 0 aromatic heterocycles. The summed E-state index contributed by atoms with van der Waals surface area (Å²) in [5.74, 6) is -0.631. The molecule has 7 nitrogen and oxygen atoms in total. The first-order valence-electron chi connectivity index (χ1n) is 12.3. The molecule has 8 heteroatoms. The number of anilines is 1. The predicted molar refractivity (Wildman–Crippen MR) is 140 cm³/mol. The van der Waals surface area contributed by atoms with Crippen molar-refractivity contribution in [2.24, 2.45) is 0 Å². The minimum atomic E-state index is -3.74. The lowest BCUT2D eigenvalue weighted by Crippen LogP contribution is -2.52. The van der Waals surface area contributed by atoms with Gasteiger partial charge in [-0.15, -0.1) is 0 Å². The Bertz CT molecular complexity index is 1130. The van der Waals surface area contributed by atoms with Gasteiger partial charge in [-0.3, -0.25) is 13.9 Å².